The van der Waals surface area contributed by atoms with Gasteiger partial charge in [0.2, 0.25) is 0 Å². The number of rotatable bonds is 8. The summed E-state index contributed by atoms with van der Waals surface area (Å²) in [6.07, 6.45) is 1.43. The van der Waals surface area contributed by atoms with E-state index < -0.39 is 6.10 Å². The van der Waals surface area contributed by atoms with Crippen LogP contribution in [0.2, 0.25) is 0 Å². The van der Waals surface area contributed by atoms with Crippen molar-refractivity contribution in [2.75, 3.05) is 26.4 Å². The number of ether oxygens (including phenoxy) is 1. The lowest BCUT2D eigenvalue weighted by atomic mass is 10.1. The second-order valence-corrected chi connectivity index (χ2v) is 5.00. The van der Waals surface area contributed by atoms with Crippen LogP contribution in [0.4, 0.5) is 0 Å². The summed E-state index contributed by atoms with van der Waals surface area (Å²) < 4.78 is 5.46. The minimum Gasteiger partial charge on any atom is -0.394 e. The zero-order valence-electron chi connectivity index (χ0n) is 11.7. The van der Waals surface area contributed by atoms with Gasteiger partial charge in [0.15, 0.2) is 0 Å². The van der Waals surface area contributed by atoms with E-state index in [1.807, 2.05) is 0 Å². The molecular weight excluding hydrogens is 220 g/mol. The van der Waals surface area contributed by atoms with Crippen LogP contribution in [-0.4, -0.2) is 47.9 Å². The summed E-state index contributed by atoms with van der Waals surface area (Å²) in [4.78, 5) is 0. The Morgan fingerprint density at radius 1 is 0.824 bits per heavy atom. The Bertz CT molecular complexity index is 123. The smallest absolute Gasteiger partial charge is 0.100 e. The van der Waals surface area contributed by atoms with E-state index in [1.165, 1.54) is 12.8 Å². The molecule has 0 rings (SSSR count). The van der Waals surface area contributed by atoms with Crippen molar-refractivity contribution >= 4 is 0 Å². The van der Waals surface area contributed by atoms with Crippen LogP contribution in [0.5, 0.6) is 0 Å². The van der Waals surface area contributed by atoms with E-state index in [-0.39, 0.29) is 13.2 Å². The molecule has 0 saturated carbocycles. The Kier molecular flexibility index (Phi) is 15.7. The SMILES string of the molecule is CC(C)CCOCCC(C)C.OCC(O)CO. The summed E-state index contributed by atoms with van der Waals surface area (Å²) in [6.45, 7) is 10.1. The van der Waals surface area contributed by atoms with Crippen molar-refractivity contribution in [2.24, 2.45) is 11.8 Å². The van der Waals surface area contributed by atoms with E-state index in [4.69, 9.17) is 20.1 Å². The Balaban J connectivity index is 0. The monoisotopic (exact) mass is 250 g/mol. The molecule has 17 heavy (non-hydrogen) atoms. The molecule has 0 aromatic carbocycles. The number of aliphatic hydroxyl groups is 3. The predicted octanol–water partition coefficient (Wildman–Crippen LogP) is 1.43. The molecule has 0 radical (unpaired) electrons. The molecule has 0 fully saturated rings. The number of aliphatic hydroxyl groups excluding tert-OH is 3. The van der Waals surface area contributed by atoms with Gasteiger partial charge in [-0.15, -0.1) is 0 Å². The fourth-order valence-electron chi connectivity index (χ4n) is 0.798. The molecule has 0 unspecified atom stereocenters. The van der Waals surface area contributed by atoms with Crippen molar-refractivity contribution in [3.63, 3.8) is 0 Å². The molecule has 0 aliphatic carbocycles. The molecule has 4 nitrogen and oxygen atoms in total. The second kappa shape index (κ2) is 13.9. The maximum Gasteiger partial charge on any atom is 0.100 e. The Morgan fingerprint density at radius 2 is 1.18 bits per heavy atom. The minimum absolute atomic E-state index is 0.365. The third kappa shape index (κ3) is 21.6. The van der Waals surface area contributed by atoms with Gasteiger partial charge in [-0.3, -0.25) is 0 Å². The molecule has 0 aromatic rings. The van der Waals surface area contributed by atoms with E-state index in [9.17, 15) is 0 Å². The van der Waals surface area contributed by atoms with Crippen LogP contribution in [0.1, 0.15) is 40.5 Å². The van der Waals surface area contributed by atoms with Gasteiger partial charge in [-0.25, -0.2) is 0 Å². The molecule has 0 aliphatic heterocycles. The summed E-state index contributed by atoms with van der Waals surface area (Å²) in [7, 11) is 0. The minimum atomic E-state index is -0.954. The lowest BCUT2D eigenvalue weighted by Gasteiger charge is -2.07. The fourth-order valence-corrected chi connectivity index (χ4v) is 0.798. The number of hydrogen-bond acceptors (Lipinski definition) is 4. The van der Waals surface area contributed by atoms with Crippen LogP contribution < -0.4 is 0 Å². The van der Waals surface area contributed by atoms with Crippen molar-refractivity contribution in [3.8, 4) is 0 Å². The molecule has 0 aromatic heterocycles. The molecule has 0 spiro atoms. The predicted molar refractivity (Wildman–Crippen MR) is 69.9 cm³/mol. The fraction of sp³-hybridized carbons (Fsp3) is 1.00. The molecule has 4 heteroatoms. The van der Waals surface area contributed by atoms with Gasteiger partial charge < -0.3 is 20.1 Å². The van der Waals surface area contributed by atoms with Crippen molar-refractivity contribution in [1.29, 1.82) is 0 Å². The van der Waals surface area contributed by atoms with Gasteiger partial charge in [0.25, 0.3) is 0 Å². The summed E-state index contributed by atoms with van der Waals surface area (Å²) in [6, 6.07) is 0. The van der Waals surface area contributed by atoms with Crippen molar-refractivity contribution in [1.82, 2.24) is 0 Å². The van der Waals surface area contributed by atoms with Gasteiger partial charge in [-0.05, 0) is 24.7 Å². The van der Waals surface area contributed by atoms with Crippen LogP contribution in [0.3, 0.4) is 0 Å². The van der Waals surface area contributed by atoms with Crippen molar-refractivity contribution < 1.29 is 20.1 Å². The summed E-state index contributed by atoms with van der Waals surface area (Å²) in [5.41, 5.74) is 0. The molecule has 106 valence electrons. The lowest BCUT2D eigenvalue weighted by molar-refractivity contribution is 0.0450. The first-order chi connectivity index (χ1) is 7.93. The van der Waals surface area contributed by atoms with Crippen LogP contribution >= 0.6 is 0 Å². The molecule has 0 atom stereocenters. The third-order valence-electron chi connectivity index (χ3n) is 2.10. The van der Waals surface area contributed by atoms with Gasteiger partial charge in [0.05, 0.1) is 13.2 Å². The highest BCUT2D eigenvalue weighted by Crippen LogP contribution is 2.02. The van der Waals surface area contributed by atoms with Gasteiger partial charge in [0.1, 0.15) is 6.10 Å². The summed E-state index contributed by atoms with van der Waals surface area (Å²) >= 11 is 0. The highest BCUT2D eigenvalue weighted by atomic mass is 16.5. The Labute approximate surface area is 106 Å². The van der Waals surface area contributed by atoms with Gasteiger partial charge in [0, 0.05) is 13.2 Å². The molecule has 0 saturated heterocycles. The molecule has 3 N–H and O–H groups in total. The summed E-state index contributed by atoms with van der Waals surface area (Å²) in [5, 5.41) is 24.0. The average Bonchev–Trinajstić information content (AvgIpc) is 2.27. The van der Waals surface area contributed by atoms with E-state index in [1.54, 1.807) is 0 Å². The second-order valence-electron chi connectivity index (χ2n) is 5.00. The maximum absolute atomic E-state index is 8.17. The van der Waals surface area contributed by atoms with Crippen LogP contribution in [0.25, 0.3) is 0 Å². The van der Waals surface area contributed by atoms with Crippen LogP contribution in [-0.2, 0) is 4.74 Å². The maximum atomic E-state index is 8.17. The first kappa shape index (κ1) is 19.2. The summed E-state index contributed by atoms with van der Waals surface area (Å²) in [5.74, 6) is 1.54. The Morgan fingerprint density at radius 3 is 1.35 bits per heavy atom. The normalized spacial score (nSPS) is 10.9. The van der Waals surface area contributed by atoms with Crippen LogP contribution in [0, 0.1) is 11.8 Å². The highest BCUT2D eigenvalue weighted by molar-refractivity contribution is 4.45. The van der Waals surface area contributed by atoms with E-state index in [0.717, 1.165) is 25.0 Å². The quantitative estimate of drug-likeness (QED) is 0.570. The topological polar surface area (TPSA) is 69.9 Å². The molecule has 0 bridgehead atoms. The van der Waals surface area contributed by atoms with Gasteiger partial charge in [-0.1, -0.05) is 27.7 Å². The molecular formula is C13H30O4. The first-order valence-corrected chi connectivity index (χ1v) is 6.41. The first-order valence-electron chi connectivity index (χ1n) is 6.41. The van der Waals surface area contributed by atoms with Crippen molar-refractivity contribution in [2.45, 2.75) is 46.6 Å². The third-order valence-corrected chi connectivity index (χ3v) is 2.10. The Hall–Kier alpha value is -0.160. The van der Waals surface area contributed by atoms with E-state index >= 15 is 0 Å². The van der Waals surface area contributed by atoms with Crippen LogP contribution in [0.15, 0.2) is 0 Å². The average molecular weight is 250 g/mol. The molecule has 0 aliphatic rings. The molecule has 0 amide bonds. The zero-order valence-corrected chi connectivity index (χ0v) is 11.7. The lowest BCUT2D eigenvalue weighted by Crippen LogP contribution is -2.15. The van der Waals surface area contributed by atoms with E-state index in [2.05, 4.69) is 27.7 Å². The van der Waals surface area contributed by atoms with Gasteiger partial charge in [-0.2, -0.15) is 0 Å². The van der Waals surface area contributed by atoms with Gasteiger partial charge >= 0.3 is 0 Å². The van der Waals surface area contributed by atoms with Crippen molar-refractivity contribution in [3.05, 3.63) is 0 Å². The largest absolute Gasteiger partial charge is 0.394 e. The number of hydrogen-bond donors (Lipinski definition) is 3. The highest BCUT2D eigenvalue weighted by Gasteiger charge is 1.95. The zero-order chi connectivity index (χ0) is 13.7. The van der Waals surface area contributed by atoms with E-state index in [0.29, 0.717) is 0 Å². The molecule has 0 heterocycles. The standard InChI is InChI=1S/C10H22O.C3H8O3/c1-9(2)5-7-11-8-6-10(3)4;4-1-3(6)2-5/h9-10H,5-8H2,1-4H3;3-6H,1-2H2.